The maximum Gasteiger partial charge on any atom is 0.497 e. The van der Waals surface area contributed by atoms with E-state index in [-0.39, 0.29) is 11.2 Å². The summed E-state index contributed by atoms with van der Waals surface area (Å²) in [5.74, 6) is -1.56. The molecule has 1 heterocycles. The molecular weight excluding hydrogens is 413 g/mol. The molecule has 1 saturated heterocycles. The van der Waals surface area contributed by atoms with Crippen LogP contribution in [0.1, 0.15) is 40.2 Å². The second-order valence-corrected chi connectivity index (χ2v) is 8.59. The number of aryl methyl sites for hydroxylation is 1. The van der Waals surface area contributed by atoms with E-state index < -0.39 is 36.0 Å². The van der Waals surface area contributed by atoms with E-state index in [1.807, 2.05) is 34.6 Å². The van der Waals surface area contributed by atoms with E-state index in [0.717, 1.165) is 24.1 Å². The van der Waals surface area contributed by atoms with Crippen LogP contribution in [0.4, 0.5) is 25.0 Å². The van der Waals surface area contributed by atoms with Crippen LogP contribution < -0.4 is 16.1 Å². The van der Waals surface area contributed by atoms with Crippen LogP contribution in [0.3, 0.4) is 0 Å². The highest BCUT2D eigenvalue weighted by atomic mass is 35.5. The Hall–Kier alpha value is -2.16. The van der Waals surface area contributed by atoms with Crippen LogP contribution in [0.2, 0.25) is 5.02 Å². The van der Waals surface area contributed by atoms with Gasteiger partial charge in [-0.1, -0.05) is 24.6 Å². The first-order valence-electron chi connectivity index (χ1n) is 9.64. The van der Waals surface area contributed by atoms with Crippen molar-refractivity contribution in [1.82, 2.24) is 0 Å². The van der Waals surface area contributed by atoms with Gasteiger partial charge in [-0.3, -0.25) is 0 Å². The Kier molecular flexibility index (Phi) is 6.14. The van der Waals surface area contributed by atoms with Crippen molar-refractivity contribution in [3.05, 3.63) is 52.6 Å². The van der Waals surface area contributed by atoms with Crippen LogP contribution in [0.15, 0.2) is 30.3 Å². The lowest BCUT2D eigenvalue weighted by Crippen LogP contribution is -2.41. The van der Waals surface area contributed by atoms with E-state index in [0.29, 0.717) is 10.7 Å². The minimum Gasteiger partial charge on any atom is -0.399 e. The van der Waals surface area contributed by atoms with E-state index in [2.05, 4.69) is 10.6 Å². The molecule has 9 heteroatoms. The second kappa shape index (κ2) is 8.17. The summed E-state index contributed by atoms with van der Waals surface area (Å²) in [7, 11) is -1.05. The number of anilines is 2. The molecule has 1 fully saturated rings. The lowest BCUT2D eigenvalue weighted by Gasteiger charge is -2.32. The second-order valence-electron chi connectivity index (χ2n) is 8.18. The molecule has 2 amide bonds. The lowest BCUT2D eigenvalue weighted by atomic mass is 9.78. The third-order valence-corrected chi connectivity index (χ3v) is 5.89. The van der Waals surface area contributed by atoms with Gasteiger partial charge in [0.15, 0.2) is 0 Å². The summed E-state index contributed by atoms with van der Waals surface area (Å²) < 4.78 is 40.8. The van der Waals surface area contributed by atoms with Crippen LogP contribution >= 0.6 is 11.6 Å². The topological polar surface area (TPSA) is 59.6 Å². The van der Waals surface area contributed by atoms with Crippen molar-refractivity contribution in [2.45, 2.75) is 52.2 Å². The molecule has 160 valence electrons. The third-order valence-electron chi connectivity index (χ3n) is 5.53. The molecule has 0 aliphatic carbocycles. The Morgan fingerprint density at radius 1 is 1.03 bits per heavy atom. The van der Waals surface area contributed by atoms with E-state index in [9.17, 15) is 13.6 Å². The fourth-order valence-electron chi connectivity index (χ4n) is 3.01. The number of carbonyl (C=O) groups is 1. The highest BCUT2D eigenvalue weighted by Gasteiger charge is 2.52. The Balaban J connectivity index is 1.74. The number of hydrogen-bond donors (Lipinski definition) is 2. The summed E-state index contributed by atoms with van der Waals surface area (Å²) in [6.07, 6.45) is 0.755. The zero-order chi connectivity index (χ0) is 22.3. The molecule has 0 radical (unpaired) electrons. The number of amides is 2. The van der Waals surface area contributed by atoms with Gasteiger partial charge in [-0.05, 0) is 57.9 Å². The summed E-state index contributed by atoms with van der Waals surface area (Å²) in [5.41, 5.74) is -0.378. The first-order valence-corrected chi connectivity index (χ1v) is 10.0. The number of carbonyl (C=O) groups excluding carboxylic acids is 1. The third kappa shape index (κ3) is 4.45. The molecule has 2 aromatic rings. The van der Waals surface area contributed by atoms with Crippen molar-refractivity contribution < 1.29 is 22.9 Å². The molecule has 0 unspecified atom stereocenters. The molecule has 5 nitrogen and oxygen atoms in total. The van der Waals surface area contributed by atoms with Crippen molar-refractivity contribution in [3.63, 3.8) is 0 Å². The van der Waals surface area contributed by atoms with Gasteiger partial charge in [-0.15, -0.1) is 0 Å². The van der Waals surface area contributed by atoms with Crippen LogP contribution in [-0.2, 0) is 15.7 Å². The number of urea groups is 1. The summed E-state index contributed by atoms with van der Waals surface area (Å²) in [5, 5.41) is 5.37. The van der Waals surface area contributed by atoms with Crippen LogP contribution in [-0.4, -0.2) is 24.4 Å². The average Bonchev–Trinajstić information content (AvgIpc) is 2.85. The van der Waals surface area contributed by atoms with Crippen molar-refractivity contribution in [2.24, 2.45) is 0 Å². The smallest absolute Gasteiger partial charge is 0.399 e. The molecule has 0 bridgehead atoms. The van der Waals surface area contributed by atoms with Crippen molar-refractivity contribution in [1.29, 1.82) is 0 Å². The predicted octanol–water partition coefficient (Wildman–Crippen LogP) is 5.12. The van der Waals surface area contributed by atoms with E-state index in [1.165, 1.54) is 0 Å². The first kappa shape index (κ1) is 22.5. The van der Waals surface area contributed by atoms with E-state index in [4.69, 9.17) is 20.9 Å². The number of halogens is 3. The minimum atomic E-state index is -1.05. The summed E-state index contributed by atoms with van der Waals surface area (Å²) in [6, 6.07) is 6.22. The molecule has 0 spiro atoms. The van der Waals surface area contributed by atoms with Gasteiger partial charge in [0.25, 0.3) is 0 Å². The standard InChI is InChI=1S/C21H24BClF2N2O3/c1-6-12-7-8-13(9-15(12)23)26-19(28)27-18-11-16(24)14(10-17(18)25)22-29-20(2,3)21(4,5)30-22/h7-11H,6H2,1-5H3,(H2,26,27,28). The van der Waals surface area contributed by atoms with Gasteiger partial charge in [-0.25, -0.2) is 13.6 Å². The van der Waals surface area contributed by atoms with Crippen molar-refractivity contribution >= 4 is 41.6 Å². The number of nitrogens with one attached hydrogen (secondary N) is 2. The summed E-state index contributed by atoms with van der Waals surface area (Å²) in [6.45, 7) is 9.24. The Morgan fingerprint density at radius 2 is 1.67 bits per heavy atom. The van der Waals surface area contributed by atoms with Gasteiger partial charge in [0.2, 0.25) is 0 Å². The Labute approximate surface area is 180 Å². The van der Waals surface area contributed by atoms with Gasteiger partial charge in [0.1, 0.15) is 11.6 Å². The molecule has 3 rings (SSSR count). The maximum absolute atomic E-state index is 14.7. The predicted molar refractivity (Wildman–Crippen MR) is 116 cm³/mol. The molecule has 30 heavy (non-hydrogen) atoms. The van der Waals surface area contributed by atoms with E-state index in [1.54, 1.807) is 18.2 Å². The first-order chi connectivity index (χ1) is 13.9. The van der Waals surface area contributed by atoms with Gasteiger partial charge in [0, 0.05) is 22.2 Å². The van der Waals surface area contributed by atoms with Crippen LogP contribution in [0, 0.1) is 11.6 Å². The number of rotatable bonds is 4. The number of hydrogen-bond acceptors (Lipinski definition) is 3. The fraction of sp³-hybridized carbons (Fsp3) is 0.381. The quantitative estimate of drug-likeness (QED) is 0.654. The largest absolute Gasteiger partial charge is 0.497 e. The average molecular weight is 437 g/mol. The lowest BCUT2D eigenvalue weighted by molar-refractivity contribution is 0.00578. The molecule has 2 N–H and O–H groups in total. The summed E-state index contributed by atoms with van der Waals surface area (Å²) in [4.78, 5) is 12.2. The van der Waals surface area contributed by atoms with Crippen LogP contribution in [0.25, 0.3) is 0 Å². The SMILES string of the molecule is CCc1ccc(NC(=O)Nc2cc(F)c(B3OC(C)(C)C(C)(C)O3)cc2F)cc1Cl. The normalized spacial score (nSPS) is 17.1. The highest BCUT2D eigenvalue weighted by molar-refractivity contribution is 6.62. The molecule has 2 aromatic carbocycles. The maximum atomic E-state index is 14.7. The molecule has 0 aromatic heterocycles. The molecule has 0 saturated carbocycles. The Morgan fingerprint density at radius 3 is 2.23 bits per heavy atom. The minimum absolute atomic E-state index is 0.0703. The molecular formula is C21H24BClF2N2O3. The van der Waals surface area contributed by atoms with Crippen molar-refractivity contribution in [2.75, 3.05) is 10.6 Å². The van der Waals surface area contributed by atoms with Gasteiger partial charge in [-0.2, -0.15) is 0 Å². The molecule has 1 aliphatic rings. The van der Waals surface area contributed by atoms with E-state index >= 15 is 0 Å². The molecule has 0 atom stereocenters. The van der Waals surface area contributed by atoms with Gasteiger partial charge >= 0.3 is 13.1 Å². The monoisotopic (exact) mass is 436 g/mol. The Bertz CT molecular complexity index is 969. The molecule has 1 aliphatic heterocycles. The van der Waals surface area contributed by atoms with Crippen molar-refractivity contribution in [3.8, 4) is 0 Å². The zero-order valence-corrected chi connectivity index (χ0v) is 18.3. The highest BCUT2D eigenvalue weighted by Crippen LogP contribution is 2.37. The van der Waals surface area contributed by atoms with Gasteiger partial charge < -0.3 is 19.9 Å². The number of benzene rings is 2. The zero-order valence-electron chi connectivity index (χ0n) is 17.5. The van der Waals surface area contributed by atoms with Gasteiger partial charge in [0.05, 0.1) is 16.9 Å². The fourth-order valence-corrected chi connectivity index (χ4v) is 3.32. The van der Waals surface area contributed by atoms with Crippen LogP contribution in [0.5, 0.6) is 0 Å². The summed E-state index contributed by atoms with van der Waals surface area (Å²) >= 11 is 6.13.